The molecule has 0 aliphatic heterocycles. The lowest BCUT2D eigenvalue weighted by atomic mass is 10.1. The number of imidazole rings is 1. The number of methoxy groups -OCH3 is 1. The average Bonchev–Trinajstić information content (AvgIpc) is 3.22. The molecule has 5 heteroatoms. The summed E-state index contributed by atoms with van der Waals surface area (Å²) in [6.07, 6.45) is 2.49. The van der Waals surface area contributed by atoms with Gasteiger partial charge in [0.25, 0.3) is 5.91 Å². The Morgan fingerprint density at radius 2 is 1.82 bits per heavy atom. The van der Waals surface area contributed by atoms with Gasteiger partial charge in [-0.3, -0.25) is 4.79 Å². The molecule has 4 rings (SSSR count). The van der Waals surface area contributed by atoms with Crippen LogP contribution >= 0.6 is 0 Å². The summed E-state index contributed by atoms with van der Waals surface area (Å²) in [6, 6.07) is 21.5. The molecule has 0 aliphatic rings. The van der Waals surface area contributed by atoms with E-state index < -0.39 is 0 Å². The van der Waals surface area contributed by atoms with Crippen LogP contribution in [0.25, 0.3) is 22.2 Å². The molecule has 28 heavy (non-hydrogen) atoms. The number of hydrogen-bond acceptors (Lipinski definition) is 3. The van der Waals surface area contributed by atoms with Crippen molar-refractivity contribution in [2.24, 2.45) is 0 Å². The summed E-state index contributed by atoms with van der Waals surface area (Å²) in [5.41, 5.74) is 2.64. The smallest absolute Gasteiger partial charge is 0.251 e. The molecule has 1 aromatic heterocycles. The number of aromatic nitrogens is 2. The number of nitrogens with one attached hydrogen (secondary N) is 2. The number of amides is 1. The van der Waals surface area contributed by atoms with Gasteiger partial charge in [-0.2, -0.15) is 0 Å². The Morgan fingerprint density at radius 1 is 1.04 bits per heavy atom. The zero-order valence-electron chi connectivity index (χ0n) is 15.6. The van der Waals surface area contributed by atoms with Crippen molar-refractivity contribution in [2.45, 2.75) is 6.42 Å². The second kappa shape index (κ2) is 7.96. The largest absolute Gasteiger partial charge is 0.497 e. The van der Waals surface area contributed by atoms with Gasteiger partial charge in [-0.1, -0.05) is 30.3 Å². The number of nitrogens with zero attached hydrogens (tertiary/aromatic N) is 1. The van der Waals surface area contributed by atoms with Crippen LogP contribution in [0.5, 0.6) is 5.75 Å². The summed E-state index contributed by atoms with van der Waals surface area (Å²) in [4.78, 5) is 20.1. The second-order valence-corrected chi connectivity index (χ2v) is 6.55. The fraction of sp³-hybridized carbons (Fsp3) is 0.130. The monoisotopic (exact) mass is 371 g/mol. The zero-order valence-corrected chi connectivity index (χ0v) is 15.6. The Bertz CT molecular complexity index is 1100. The number of aromatic amines is 1. The molecular formula is C23H21N3O2. The molecule has 0 atom stereocenters. The Morgan fingerprint density at radius 3 is 2.61 bits per heavy atom. The highest BCUT2D eigenvalue weighted by Gasteiger charge is 2.08. The van der Waals surface area contributed by atoms with E-state index in [-0.39, 0.29) is 5.91 Å². The van der Waals surface area contributed by atoms with Gasteiger partial charge in [0, 0.05) is 36.0 Å². The van der Waals surface area contributed by atoms with Gasteiger partial charge in [0.05, 0.1) is 7.11 Å². The standard InChI is InChI=1S/C23H21N3O2/c1-28-21-10-8-17(9-11-21)22-25-15-20(26-22)12-13-24-23(27)19-7-6-16-4-2-3-5-18(16)14-19/h2-11,14-15H,12-13H2,1H3,(H,24,27)(H,25,26). The zero-order chi connectivity index (χ0) is 19.3. The molecule has 140 valence electrons. The van der Waals surface area contributed by atoms with E-state index in [1.165, 1.54) is 0 Å². The molecule has 0 spiro atoms. The molecule has 0 saturated heterocycles. The fourth-order valence-electron chi connectivity index (χ4n) is 3.13. The van der Waals surface area contributed by atoms with Crippen molar-refractivity contribution in [1.82, 2.24) is 15.3 Å². The topological polar surface area (TPSA) is 67.0 Å². The third kappa shape index (κ3) is 3.88. The lowest BCUT2D eigenvalue weighted by Crippen LogP contribution is -2.25. The van der Waals surface area contributed by atoms with Crippen molar-refractivity contribution in [1.29, 1.82) is 0 Å². The van der Waals surface area contributed by atoms with Crippen LogP contribution in [0.4, 0.5) is 0 Å². The molecule has 1 amide bonds. The number of hydrogen-bond donors (Lipinski definition) is 2. The first-order chi connectivity index (χ1) is 13.7. The number of carbonyl (C=O) groups excluding carboxylic acids is 1. The molecule has 0 radical (unpaired) electrons. The Kier molecular flexibility index (Phi) is 5.06. The first kappa shape index (κ1) is 17.8. The second-order valence-electron chi connectivity index (χ2n) is 6.55. The highest BCUT2D eigenvalue weighted by molar-refractivity contribution is 5.98. The van der Waals surface area contributed by atoms with Crippen LogP contribution in [0.1, 0.15) is 16.1 Å². The molecule has 4 aromatic rings. The van der Waals surface area contributed by atoms with Crippen molar-refractivity contribution < 1.29 is 9.53 Å². The van der Waals surface area contributed by atoms with Crippen molar-refractivity contribution in [3.05, 3.63) is 84.2 Å². The van der Waals surface area contributed by atoms with Gasteiger partial charge in [0.1, 0.15) is 11.6 Å². The first-order valence-corrected chi connectivity index (χ1v) is 9.18. The van der Waals surface area contributed by atoms with Crippen molar-refractivity contribution >= 4 is 16.7 Å². The van der Waals surface area contributed by atoms with Gasteiger partial charge in [0.15, 0.2) is 0 Å². The number of fused-ring (bicyclic) bond motifs is 1. The van der Waals surface area contributed by atoms with Crippen LogP contribution in [0.2, 0.25) is 0 Å². The van der Waals surface area contributed by atoms with Gasteiger partial charge in [-0.15, -0.1) is 0 Å². The Hall–Kier alpha value is -3.60. The summed E-state index contributed by atoms with van der Waals surface area (Å²) < 4.78 is 5.18. The number of rotatable bonds is 6. The van der Waals surface area contributed by atoms with Gasteiger partial charge in [-0.25, -0.2) is 4.98 Å². The van der Waals surface area contributed by atoms with E-state index in [9.17, 15) is 4.79 Å². The predicted octanol–water partition coefficient (Wildman–Crippen LogP) is 4.21. The fourth-order valence-corrected chi connectivity index (χ4v) is 3.13. The van der Waals surface area contributed by atoms with Crippen LogP contribution < -0.4 is 10.1 Å². The molecule has 3 aromatic carbocycles. The minimum Gasteiger partial charge on any atom is -0.497 e. The van der Waals surface area contributed by atoms with Gasteiger partial charge in [-0.05, 0) is 47.2 Å². The highest BCUT2D eigenvalue weighted by atomic mass is 16.5. The van der Waals surface area contributed by atoms with Gasteiger partial charge in [0.2, 0.25) is 0 Å². The third-order valence-electron chi connectivity index (χ3n) is 4.68. The van der Waals surface area contributed by atoms with Gasteiger partial charge < -0.3 is 15.0 Å². The van der Waals surface area contributed by atoms with E-state index in [0.717, 1.165) is 33.6 Å². The van der Waals surface area contributed by atoms with Gasteiger partial charge >= 0.3 is 0 Å². The van der Waals surface area contributed by atoms with E-state index in [1.807, 2.05) is 72.9 Å². The lowest BCUT2D eigenvalue weighted by Gasteiger charge is -2.06. The number of ether oxygens (including phenoxy) is 1. The predicted molar refractivity (Wildman–Crippen MR) is 111 cm³/mol. The summed E-state index contributed by atoms with van der Waals surface area (Å²) in [5.74, 6) is 1.55. The first-order valence-electron chi connectivity index (χ1n) is 9.18. The summed E-state index contributed by atoms with van der Waals surface area (Å²) in [5, 5.41) is 5.16. The minimum atomic E-state index is -0.0688. The summed E-state index contributed by atoms with van der Waals surface area (Å²) >= 11 is 0. The third-order valence-corrected chi connectivity index (χ3v) is 4.68. The number of benzene rings is 3. The van der Waals surface area contributed by atoms with Crippen molar-refractivity contribution in [3.63, 3.8) is 0 Å². The maximum absolute atomic E-state index is 12.4. The van der Waals surface area contributed by atoms with Crippen molar-refractivity contribution in [2.75, 3.05) is 13.7 Å². The van der Waals surface area contributed by atoms with Crippen LogP contribution in [0.15, 0.2) is 72.9 Å². The maximum Gasteiger partial charge on any atom is 0.251 e. The normalized spacial score (nSPS) is 10.8. The van der Waals surface area contributed by atoms with Crippen LogP contribution in [-0.4, -0.2) is 29.5 Å². The molecular weight excluding hydrogens is 350 g/mol. The summed E-state index contributed by atoms with van der Waals surface area (Å²) in [6.45, 7) is 0.538. The van der Waals surface area contributed by atoms with E-state index in [4.69, 9.17) is 4.74 Å². The average molecular weight is 371 g/mol. The van der Waals surface area contributed by atoms with Crippen LogP contribution in [0, 0.1) is 0 Å². The Balaban J connectivity index is 1.35. The highest BCUT2D eigenvalue weighted by Crippen LogP contribution is 2.20. The summed E-state index contributed by atoms with van der Waals surface area (Å²) in [7, 11) is 1.65. The molecule has 5 nitrogen and oxygen atoms in total. The minimum absolute atomic E-state index is 0.0688. The van der Waals surface area contributed by atoms with E-state index in [0.29, 0.717) is 18.5 Å². The molecule has 0 unspecified atom stereocenters. The SMILES string of the molecule is COc1ccc(-c2ncc(CCNC(=O)c3ccc4ccccc4c3)[nH]2)cc1. The quantitative estimate of drug-likeness (QED) is 0.533. The maximum atomic E-state index is 12.4. The molecule has 0 bridgehead atoms. The molecule has 2 N–H and O–H groups in total. The lowest BCUT2D eigenvalue weighted by molar-refractivity contribution is 0.0954. The molecule has 0 fully saturated rings. The van der Waals surface area contributed by atoms with Crippen LogP contribution in [-0.2, 0) is 6.42 Å². The molecule has 0 saturated carbocycles. The van der Waals surface area contributed by atoms with E-state index >= 15 is 0 Å². The van der Waals surface area contributed by atoms with E-state index in [1.54, 1.807) is 7.11 Å². The number of H-pyrrole nitrogens is 1. The van der Waals surface area contributed by atoms with E-state index in [2.05, 4.69) is 15.3 Å². The van der Waals surface area contributed by atoms with Crippen molar-refractivity contribution in [3.8, 4) is 17.1 Å². The number of carbonyl (C=O) groups is 1. The van der Waals surface area contributed by atoms with Crippen LogP contribution in [0.3, 0.4) is 0 Å². The molecule has 1 heterocycles. The Labute approximate surface area is 163 Å². The molecule has 0 aliphatic carbocycles.